The fourth-order valence-corrected chi connectivity index (χ4v) is 3.01. The molecule has 0 aliphatic carbocycles. The lowest BCUT2D eigenvalue weighted by atomic mass is 10.1. The van der Waals surface area contributed by atoms with Crippen molar-refractivity contribution in [2.24, 2.45) is 0 Å². The van der Waals surface area contributed by atoms with Crippen molar-refractivity contribution < 1.29 is 0 Å². The van der Waals surface area contributed by atoms with Gasteiger partial charge in [0.2, 0.25) is 0 Å². The van der Waals surface area contributed by atoms with Crippen molar-refractivity contribution in [2.75, 3.05) is 0 Å². The van der Waals surface area contributed by atoms with Crippen molar-refractivity contribution in [3.63, 3.8) is 0 Å². The van der Waals surface area contributed by atoms with Crippen LogP contribution in [-0.4, -0.2) is 5.25 Å². The van der Waals surface area contributed by atoms with E-state index < -0.39 is 0 Å². The number of unbranched alkanes of at least 4 members (excludes halogenated alkanes) is 6. The molecule has 0 aromatic heterocycles. The predicted molar refractivity (Wildman–Crippen MR) is 77.9 cm³/mol. The number of rotatable bonds is 11. The molecule has 0 aliphatic rings. The second-order valence-corrected chi connectivity index (χ2v) is 5.94. The molecule has 0 fully saturated rings. The van der Waals surface area contributed by atoms with E-state index in [-0.39, 0.29) is 0 Å². The second-order valence-electron chi connectivity index (χ2n) is 4.43. The summed E-state index contributed by atoms with van der Waals surface area (Å²) in [6, 6.07) is 0. The van der Waals surface area contributed by atoms with E-state index in [4.69, 9.17) is 0 Å². The molecule has 0 aliphatic heterocycles. The molecule has 0 spiro atoms. The molecule has 92 valence electrons. The Hall–Kier alpha value is 0.700. The van der Waals surface area contributed by atoms with Gasteiger partial charge in [-0.1, -0.05) is 76.0 Å². The lowest BCUT2D eigenvalue weighted by Crippen LogP contribution is -2.00. The van der Waals surface area contributed by atoms with Crippen LogP contribution in [0.25, 0.3) is 0 Å². The minimum absolute atomic E-state index is 0.805. The van der Waals surface area contributed by atoms with Crippen LogP contribution in [0, 0.1) is 0 Å². The Morgan fingerprint density at radius 3 is 1.93 bits per heavy atom. The van der Waals surface area contributed by atoms with Gasteiger partial charge >= 0.3 is 0 Å². The maximum Gasteiger partial charge on any atom is 0.0149 e. The van der Waals surface area contributed by atoms with Gasteiger partial charge in [0.25, 0.3) is 0 Å². The van der Waals surface area contributed by atoms with Gasteiger partial charge in [-0.15, -0.1) is 11.7 Å². The maximum absolute atomic E-state index is 4.36. The smallest absolute Gasteiger partial charge is 0.0149 e. The van der Waals surface area contributed by atoms with E-state index >= 15 is 0 Å². The Morgan fingerprint density at radius 1 is 0.800 bits per heavy atom. The van der Waals surface area contributed by atoms with Gasteiger partial charge in [0.05, 0.1) is 0 Å². The average molecular weight is 249 g/mol. The zero-order valence-corrected chi connectivity index (χ0v) is 12.2. The van der Waals surface area contributed by atoms with E-state index in [1.54, 1.807) is 10.8 Å². The predicted octanol–water partition coefficient (Wildman–Crippen LogP) is 5.87. The van der Waals surface area contributed by atoms with E-state index in [2.05, 4.69) is 25.5 Å². The SMILES string of the molecule is CCCCCCCCC(CCCC)SS. The summed E-state index contributed by atoms with van der Waals surface area (Å²) in [5.41, 5.74) is 0. The van der Waals surface area contributed by atoms with E-state index in [0.717, 1.165) is 5.25 Å². The standard InChI is InChI=1S/C13H28S2/c1-3-5-7-8-9-10-12-13(15-14)11-6-4-2/h13-14H,3-12H2,1-2H3. The second kappa shape index (κ2) is 12.8. The van der Waals surface area contributed by atoms with Crippen LogP contribution >= 0.6 is 22.5 Å². The molecular weight excluding hydrogens is 220 g/mol. The molecule has 0 heterocycles. The molecule has 0 aromatic carbocycles. The Kier molecular flexibility index (Phi) is 13.4. The van der Waals surface area contributed by atoms with Gasteiger partial charge in [-0.25, -0.2) is 0 Å². The van der Waals surface area contributed by atoms with Crippen LogP contribution in [0.3, 0.4) is 0 Å². The lowest BCUT2D eigenvalue weighted by molar-refractivity contribution is 0.563. The highest BCUT2D eigenvalue weighted by atomic mass is 33.1. The summed E-state index contributed by atoms with van der Waals surface area (Å²) in [7, 11) is 1.77. The molecule has 0 amide bonds. The Balaban J connectivity index is 3.22. The van der Waals surface area contributed by atoms with Gasteiger partial charge in [0, 0.05) is 5.25 Å². The van der Waals surface area contributed by atoms with Crippen molar-refractivity contribution in [2.45, 2.75) is 83.3 Å². The molecule has 0 rings (SSSR count). The Bertz CT molecular complexity index is 115. The largest absolute Gasteiger partial charge is 0.111 e. The summed E-state index contributed by atoms with van der Waals surface area (Å²) in [4.78, 5) is 0. The Labute approximate surface area is 106 Å². The van der Waals surface area contributed by atoms with Crippen LogP contribution < -0.4 is 0 Å². The van der Waals surface area contributed by atoms with Crippen LogP contribution in [-0.2, 0) is 0 Å². The minimum Gasteiger partial charge on any atom is -0.111 e. The molecule has 15 heavy (non-hydrogen) atoms. The zero-order valence-electron chi connectivity index (χ0n) is 10.5. The summed E-state index contributed by atoms with van der Waals surface area (Å²) in [5.74, 6) is 0. The van der Waals surface area contributed by atoms with Crippen molar-refractivity contribution in [1.29, 1.82) is 0 Å². The first-order valence-electron chi connectivity index (χ1n) is 6.65. The van der Waals surface area contributed by atoms with Gasteiger partial charge in [-0.05, 0) is 12.8 Å². The molecule has 0 saturated carbocycles. The molecule has 2 heteroatoms. The molecular formula is C13H28S2. The van der Waals surface area contributed by atoms with Gasteiger partial charge in [0.1, 0.15) is 0 Å². The molecule has 1 unspecified atom stereocenters. The van der Waals surface area contributed by atoms with E-state index in [1.165, 1.54) is 64.2 Å². The van der Waals surface area contributed by atoms with Crippen molar-refractivity contribution in [3.05, 3.63) is 0 Å². The summed E-state index contributed by atoms with van der Waals surface area (Å²) in [6.45, 7) is 4.54. The normalized spacial score (nSPS) is 13.0. The fourth-order valence-electron chi connectivity index (χ4n) is 1.83. The van der Waals surface area contributed by atoms with Gasteiger partial charge in [-0.2, -0.15) is 0 Å². The van der Waals surface area contributed by atoms with E-state index in [9.17, 15) is 0 Å². The third-order valence-corrected chi connectivity index (χ3v) is 4.57. The van der Waals surface area contributed by atoms with Gasteiger partial charge in [0.15, 0.2) is 0 Å². The third-order valence-electron chi connectivity index (χ3n) is 2.91. The van der Waals surface area contributed by atoms with Crippen molar-refractivity contribution in [3.8, 4) is 0 Å². The third kappa shape index (κ3) is 11.0. The van der Waals surface area contributed by atoms with Crippen molar-refractivity contribution in [1.82, 2.24) is 0 Å². The van der Waals surface area contributed by atoms with E-state index in [1.807, 2.05) is 0 Å². The molecule has 0 bridgehead atoms. The summed E-state index contributed by atoms with van der Waals surface area (Å²) in [6.07, 6.45) is 13.9. The van der Waals surface area contributed by atoms with Crippen LogP contribution in [0.5, 0.6) is 0 Å². The quantitative estimate of drug-likeness (QED) is 0.271. The first-order valence-corrected chi connectivity index (χ1v) is 8.58. The highest BCUT2D eigenvalue weighted by Crippen LogP contribution is 2.25. The minimum atomic E-state index is 0.805. The summed E-state index contributed by atoms with van der Waals surface area (Å²) >= 11 is 4.36. The van der Waals surface area contributed by atoms with Crippen LogP contribution in [0.4, 0.5) is 0 Å². The molecule has 0 aromatic rings. The monoisotopic (exact) mass is 248 g/mol. The highest BCUT2D eigenvalue weighted by Gasteiger charge is 2.06. The fraction of sp³-hybridized carbons (Fsp3) is 1.00. The lowest BCUT2D eigenvalue weighted by Gasteiger charge is -2.12. The first-order chi connectivity index (χ1) is 7.35. The zero-order chi connectivity index (χ0) is 11.4. The van der Waals surface area contributed by atoms with Crippen LogP contribution in [0.1, 0.15) is 78.1 Å². The van der Waals surface area contributed by atoms with Gasteiger partial charge in [-0.3, -0.25) is 0 Å². The summed E-state index contributed by atoms with van der Waals surface area (Å²) in [5, 5.41) is 0.805. The molecule has 0 radical (unpaired) electrons. The number of hydrogen-bond donors (Lipinski definition) is 1. The summed E-state index contributed by atoms with van der Waals surface area (Å²) < 4.78 is 0. The van der Waals surface area contributed by atoms with Crippen LogP contribution in [0.2, 0.25) is 0 Å². The van der Waals surface area contributed by atoms with Crippen molar-refractivity contribution >= 4 is 22.5 Å². The van der Waals surface area contributed by atoms with Crippen LogP contribution in [0.15, 0.2) is 0 Å². The Morgan fingerprint density at radius 2 is 1.33 bits per heavy atom. The highest BCUT2D eigenvalue weighted by molar-refractivity contribution is 8.68. The molecule has 1 atom stereocenters. The first kappa shape index (κ1) is 15.7. The van der Waals surface area contributed by atoms with Gasteiger partial charge < -0.3 is 0 Å². The average Bonchev–Trinajstić information content (AvgIpc) is 2.27. The molecule has 0 nitrogen and oxygen atoms in total. The number of thiol groups is 1. The van der Waals surface area contributed by atoms with E-state index in [0.29, 0.717) is 0 Å². The molecule has 0 N–H and O–H groups in total. The maximum atomic E-state index is 4.36. The molecule has 0 saturated heterocycles. The topological polar surface area (TPSA) is 0 Å². The number of hydrogen-bond acceptors (Lipinski definition) is 2.